The van der Waals surface area contributed by atoms with Crippen LogP contribution in [0.2, 0.25) is 0 Å². The molecule has 0 radical (unpaired) electrons. The molecule has 1 saturated carbocycles. The number of rotatable bonds is 11. The summed E-state index contributed by atoms with van der Waals surface area (Å²) in [4.78, 5) is 4.80. The zero-order valence-electron chi connectivity index (χ0n) is 21.7. The van der Waals surface area contributed by atoms with E-state index in [0.29, 0.717) is 0 Å². The van der Waals surface area contributed by atoms with E-state index in [9.17, 15) is 0 Å². The second-order valence-corrected chi connectivity index (χ2v) is 10.6. The lowest BCUT2D eigenvalue weighted by atomic mass is 9.91. The first-order valence-corrected chi connectivity index (χ1v) is 13.1. The maximum atomic E-state index is 6.17. The van der Waals surface area contributed by atoms with Crippen molar-refractivity contribution in [3.63, 3.8) is 0 Å². The van der Waals surface area contributed by atoms with Gasteiger partial charge in [0.1, 0.15) is 5.75 Å². The molecule has 5 nitrogen and oxygen atoms in total. The summed E-state index contributed by atoms with van der Waals surface area (Å²) in [5.41, 5.74) is 4.59. The maximum absolute atomic E-state index is 6.17. The molecule has 2 aromatic carbocycles. The molecule has 0 N–H and O–H groups in total. The molecule has 198 valence electrons. The van der Waals surface area contributed by atoms with E-state index in [4.69, 9.17) is 9.26 Å². The van der Waals surface area contributed by atoms with Crippen molar-refractivity contribution >= 4 is 35.8 Å². The zero-order valence-corrected chi connectivity index (χ0v) is 23.3. The number of ether oxygens (including phenoxy) is 1. The third-order valence-electron chi connectivity index (χ3n) is 7.48. The number of hydrogen-bond donors (Lipinski definition) is 0. The molecule has 5 rings (SSSR count). The SMILES string of the molecule is CN(C)Cc1c(OCC2CC2)ccc2c(CCC3CCN(CCc4ccccc4)CC3)noc12.Cl.Cl. The van der Waals surface area contributed by atoms with E-state index in [1.807, 2.05) is 0 Å². The second kappa shape index (κ2) is 13.7. The van der Waals surface area contributed by atoms with Gasteiger partial charge in [-0.3, -0.25) is 0 Å². The van der Waals surface area contributed by atoms with E-state index in [-0.39, 0.29) is 24.8 Å². The summed E-state index contributed by atoms with van der Waals surface area (Å²) in [6.07, 6.45) is 8.50. The normalized spacial score (nSPS) is 16.6. The predicted octanol–water partition coefficient (Wildman–Crippen LogP) is 6.41. The Labute approximate surface area is 228 Å². The van der Waals surface area contributed by atoms with Crippen LogP contribution in [-0.2, 0) is 19.4 Å². The van der Waals surface area contributed by atoms with E-state index in [2.05, 4.69) is 71.5 Å². The van der Waals surface area contributed by atoms with Crippen LogP contribution in [-0.4, -0.2) is 55.3 Å². The van der Waals surface area contributed by atoms with Crippen LogP contribution in [0.15, 0.2) is 47.0 Å². The minimum absolute atomic E-state index is 0. The van der Waals surface area contributed by atoms with Crippen molar-refractivity contribution in [2.75, 3.05) is 40.3 Å². The smallest absolute Gasteiger partial charge is 0.175 e. The molecule has 2 heterocycles. The topological polar surface area (TPSA) is 41.7 Å². The summed E-state index contributed by atoms with van der Waals surface area (Å²) < 4.78 is 12.1. The molecule has 0 spiro atoms. The molecule has 1 aliphatic carbocycles. The fraction of sp³-hybridized carbons (Fsp3) is 0.552. The molecule has 0 atom stereocenters. The summed E-state index contributed by atoms with van der Waals surface area (Å²) in [5, 5.41) is 5.68. The Morgan fingerprint density at radius 1 is 0.944 bits per heavy atom. The summed E-state index contributed by atoms with van der Waals surface area (Å²) >= 11 is 0. The number of fused-ring (bicyclic) bond motifs is 1. The van der Waals surface area contributed by atoms with Gasteiger partial charge in [0.05, 0.1) is 17.9 Å². The van der Waals surface area contributed by atoms with Crippen molar-refractivity contribution in [3.8, 4) is 5.75 Å². The molecule has 0 amide bonds. The van der Waals surface area contributed by atoms with Gasteiger partial charge < -0.3 is 19.1 Å². The number of hydrogen-bond acceptors (Lipinski definition) is 5. The molecule has 0 unspecified atom stereocenters. The van der Waals surface area contributed by atoms with Gasteiger partial charge in [-0.2, -0.15) is 0 Å². The lowest BCUT2D eigenvalue weighted by Crippen LogP contribution is -2.35. The molecule has 3 aromatic rings. The number of nitrogens with zero attached hydrogens (tertiary/aromatic N) is 3. The number of aryl methyl sites for hydroxylation is 1. The highest BCUT2D eigenvalue weighted by molar-refractivity contribution is 5.86. The Balaban J connectivity index is 0.00000180. The van der Waals surface area contributed by atoms with Crippen LogP contribution in [0.5, 0.6) is 5.75 Å². The Bertz CT molecular complexity index is 1060. The van der Waals surface area contributed by atoms with E-state index in [0.717, 1.165) is 65.8 Å². The predicted molar refractivity (Wildman–Crippen MR) is 152 cm³/mol. The Morgan fingerprint density at radius 2 is 1.69 bits per heavy atom. The lowest BCUT2D eigenvalue weighted by molar-refractivity contribution is 0.180. The molecule has 7 heteroatoms. The lowest BCUT2D eigenvalue weighted by Gasteiger charge is -2.31. The highest BCUT2D eigenvalue weighted by atomic mass is 35.5. The third-order valence-corrected chi connectivity index (χ3v) is 7.48. The first-order chi connectivity index (χ1) is 16.7. The monoisotopic (exact) mass is 533 g/mol. The standard InChI is InChI=1S/C29H39N3O2.2ClH/c1-31(2)20-26-28(33-21-24-8-9-24)13-11-25-27(30-34-29(25)26)12-10-23-15-18-32(19-16-23)17-14-22-6-4-3-5-7-22;;/h3-7,11,13,23-24H,8-10,12,14-21H2,1-2H3;2*1H. The maximum Gasteiger partial charge on any atom is 0.175 e. The Hall–Kier alpha value is -1.79. The number of aromatic nitrogens is 1. The molecule has 36 heavy (non-hydrogen) atoms. The van der Waals surface area contributed by atoms with Crippen molar-refractivity contribution in [1.29, 1.82) is 0 Å². The average molecular weight is 535 g/mol. The van der Waals surface area contributed by atoms with Crippen molar-refractivity contribution in [1.82, 2.24) is 15.0 Å². The first kappa shape index (κ1) is 28.8. The summed E-state index contributed by atoms with van der Waals surface area (Å²) in [6, 6.07) is 15.1. The van der Waals surface area contributed by atoms with Gasteiger partial charge in [-0.05, 0) is 102 Å². The van der Waals surface area contributed by atoms with E-state index < -0.39 is 0 Å². The molecular formula is C29H41Cl2N3O2. The van der Waals surface area contributed by atoms with Crippen LogP contribution >= 0.6 is 24.8 Å². The van der Waals surface area contributed by atoms with Crippen molar-refractivity contribution < 1.29 is 9.26 Å². The van der Waals surface area contributed by atoms with Gasteiger partial charge in [0, 0.05) is 18.5 Å². The molecule has 2 fully saturated rings. The fourth-order valence-electron chi connectivity index (χ4n) is 5.14. The number of likely N-dealkylation sites (tertiary alicyclic amines) is 1. The van der Waals surface area contributed by atoms with Crippen LogP contribution in [0.4, 0.5) is 0 Å². The number of benzene rings is 2. The number of piperidine rings is 1. The van der Waals surface area contributed by atoms with Crippen LogP contribution in [0, 0.1) is 11.8 Å². The Morgan fingerprint density at radius 3 is 2.39 bits per heavy atom. The van der Waals surface area contributed by atoms with Crippen molar-refractivity contribution in [2.45, 2.75) is 51.5 Å². The third kappa shape index (κ3) is 7.61. The van der Waals surface area contributed by atoms with Gasteiger partial charge >= 0.3 is 0 Å². The van der Waals surface area contributed by atoms with E-state index in [1.165, 1.54) is 57.3 Å². The van der Waals surface area contributed by atoms with Gasteiger partial charge in [0.15, 0.2) is 5.58 Å². The van der Waals surface area contributed by atoms with Gasteiger partial charge in [-0.1, -0.05) is 35.5 Å². The molecule has 0 bridgehead atoms. The van der Waals surface area contributed by atoms with Crippen molar-refractivity contribution in [2.24, 2.45) is 11.8 Å². The van der Waals surface area contributed by atoms with Gasteiger partial charge in [-0.15, -0.1) is 24.8 Å². The first-order valence-electron chi connectivity index (χ1n) is 13.1. The summed E-state index contributed by atoms with van der Waals surface area (Å²) in [7, 11) is 4.18. The van der Waals surface area contributed by atoms with E-state index >= 15 is 0 Å². The second-order valence-electron chi connectivity index (χ2n) is 10.6. The summed E-state index contributed by atoms with van der Waals surface area (Å²) in [5.74, 6) is 2.47. The van der Waals surface area contributed by atoms with Crippen LogP contribution in [0.1, 0.15) is 48.9 Å². The zero-order chi connectivity index (χ0) is 23.3. The summed E-state index contributed by atoms with van der Waals surface area (Å²) in [6.45, 7) is 5.21. The van der Waals surface area contributed by atoms with Gasteiger partial charge in [0.2, 0.25) is 0 Å². The molecule has 1 aromatic heterocycles. The van der Waals surface area contributed by atoms with Gasteiger partial charge in [-0.25, -0.2) is 0 Å². The highest BCUT2D eigenvalue weighted by Gasteiger charge is 2.24. The minimum Gasteiger partial charge on any atom is -0.493 e. The largest absolute Gasteiger partial charge is 0.493 e. The molecule has 1 aliphatic heterocycles. The fourth-order valence-corrected chi connectivity index (χ4v) is 5.14. The van der Waals surface area contributed by atoms with Crippen LogP contribution < -0.4 is 4.74 Å². The van der Waals surface area contributed by atoms with Crippen LogP contribution in [0.3, 0.4) is 0 Å². The highest BCUT2D eigenvalue weighted by Crippen LogP contribution is 2.35. The Kier molecular flexibility index (Phi) is 10.9. The van der Waals surface area contributed by atoms with Crippen LogP contribution in [0.25, 0.3) is 11.0 Å². The molecule has 2 aliphatic rings. The number of halogens is 2. The average Bonchev–Trinajstić information content (AvgIpc) is 3.59. The van der Waals surface area contributed by atoms with Crippen molar-refractivity contribution in [3.05, 3.63) is 59.3 Å². The van der Waals surface area contributed by atoms with Gasteiger partial charge in [0.25, 0.3) is 0 Å². The molecule has 1 saturated heterocycles. The quantitative estimate of drug-likeness (QED) is 0.285. The molecular weight excluding hydrogens is 493 g/mol. The van der Waals surface area contributed by atoms with E-state index in [1.54, 1.807) is 0 Å². The minimum atomic E-state index is 0.